The van der Waals surface area contributed by atoms with Crippen molar-refractivity contribution < 1.29 is 16.8 Å². The minimum atomic E-state index is -3.79. The van der Waals surface area contributed by atoms with E-state index in [1.54, 1.807) is 37.0 Å². The van der Waals surface area contributed by atoms with Crippen LogP contribution in [0.5, 0.6) is 0 Å². The van der Waals surface area contributed by atoms with Crippen molar-refractivity contribution in [2.24, 2.45) is 4.99 Å². The van der Waals surface area contributed by atoms with Gasteiger partial charge in [-0.3, -0.25) is 9.30 Å². The molecule has 3 aliphatic rings. The summed E-state index contributed by atoms with van der Waals surface area (Å²) < 4.78 is 50.9. The van der Waals surface area contributed by atoms with Crippen molar-refractivity contribution >= 4 is 48.0 Å². The molecule has 1 aromatic heterocycles. The molecule has 5 rings (SSSR count). The zero-order valence-electron chi connectivity index (χ0n) is 18.8. The number of hydrogen-bond acceptors (Lipinski definition) is 9. The Morgan fingerprint density at radius 1 is 1.18 bits per heavy atom. The minimum Gasteiger partial charge on any atom is -0.374 e. The van der Waals surface area contributed by atoms with Gasteiger partial charge in [-0.2, -0.15) is 8.42 Å². The maximum Gasteiger partial charge on any atom is 0.281 e. The van der Waals surface area contributed by atoms with Gasteiger partial charge in [0.25, 0.3) is 10.0 Å². The van der Waals surface area contributed by atoms with E-state index in [1.807, 2.05) is 12.1 Å². The lowest BCUT2D eigenvalue weighted by atomic mass is 10.1. The first-order valence-corrected chi connectivity index (χ1v) is 15.3. The molecule has 0 spiro atoms. The number of benzene rings is 1. The summed E-state index contributed by atoms with van der Waals surface area (Å²) in [6, 6.07) is 10.5. The average molecular weight is 522 g/mol. The zero-order valence-corrected chi connectivity index (χ0v) is 21.2. The molecule has 0 saturated carbocycles. The van der Waals surface area contributed by atoms with E-state index < -0.39 is 19.9 Å². The van der Waals surface area contributed by atoms with Crippen LogP contribution in [0.1, 0.15) is 5.56 Å². The van der Waals surface area contributed by atoms with Gasteiger partial charge in [-0.05, 0) is 23.8 Å². The van der Waals surface area contributed by atoms with Gasteiger partial charge in [0.2, 0.25) is 0 Å². The van der Waals surface area contributed by atoms with Crippen molar-refractivity contribution in [3.8, 4) is 0 Å². The fourth-order valence-electron chi connectivity index (χ4n) is 4.49. The fraction of sp³-hybridized carbons (Fsp3) is 0.455. The van der Waals surface area contributed by atoms with Crippen LogP contribution in [0, 0.1) is 0 Å². The second-order valence-electron chi connectivity index (χ2n) is 8.72. The topological polar surface area (TPSA) is 112 Å². The van der Waals surface area contributed by atoms with E-state index >= 15 is 0 Å². The van der Waals surface area contributed by atoms with E-state index in [0.29, 0.717) is 30.6 Å². The second-order valence-corrected chi connectivity index (χ2v) is 14.3. The molecule has 2 unspecified atom stereocenters. The summed E-state index contributed by atoms with van der Waals surface area (Å²) in [5.41, 5.74) is 2.45. The molecule has 0 bridgehead atoms. The van der Waals surface area contributed by atoms with E-state index in [1.165, 1.54) is 16.6 Å². The number of aromatic nitrogens is 1. The first kappa shape index (κ1) is 23.6. The summed E-state index contributed by atoms with van der Waals surface area (Å²) in [5, 5.41) is 4.84. The van der Waals surface area contributed by atoms with Gasteiger partial charge < -0.3 is 10.2 Å². The number of thioether (sulfide) groups is 1. The molecule has 1 saturated heterocycles. The molecule has 3 aliphatic heterocycles. The van der Waals surface area contributed by atoms with Gasteiger partial charge in [-0.25, -0.2) is 13.4 Å². The number of sulfone groups is 1. The molecule has 9 nitrogen and oxygen atoms in total. The number of aliphatic imine (C=N–C) groups is 1. The molecule has 0 aliphatic carbocycles. The average Bonchev–Trinajstić information content (AvgIpc) is 3.47. The Labute approximate surface area is 204 Å². The van der Waals surface area contributed by atoms with Crippen LogP contribution in [0.3, 0.4) is 0 Å². The maximum absolute atomic E-state index is 13.1. The Bertz CT molecular complexity index is 1300. The van der Waals surface area contributed by atoms with Crippen molar-refractivity contribution in [3.63, 3.8) is 0 Å². The van der Waals surface area contributed by atoms with Gasteiger partial charge in [-0.15, -0.1) is 11.8 Å². The van der Waals surface area contributed by atoms with Crippen molar-refractivity contribution in [2.75, 3.05) is 54.4 Å². The van der Waals surface area contributed by atoms with Gasteiger partial charge in [0.1, 0.15) is 0 Å². The second kappa shape index (κ2) is 9.14. The van der Waals surface area contributed by atoms with Crippen molar-refractivity contribution in [3.05, 3.63) is 48.2 Å². The van der Waals surface area contributed by atoms with E-state index in [-0.39, 0.29) is 22.6 Å². The molecule has 12 heteroatoms. The first-order chi connectivity index (χ1) is 16.2. The summed E-state index contributed by atoms with van der Waals surface area (Å²) in [7, 11) is -5.12. The van der Waals surface area contributed by atoms with E-state index in [0.717, 1.165) is 29.3 Å². The number of sulfonamides is 1. The molecule has 0 amide bonds. The third-order valence-corrected chi connectivity index (χ3v) is 11.0. The summed E-state index contributed by atoms with van der Waals surface area (Å²) in [6.45, 7) is 2.70. The fourth-order valence-corrected chi connectivity index (χ4v) is 8.14. The largest absolute Gasteiger partial charge is 0.374 e. The molecule has 2 atom stereocenters. The third-order valence-electron chi connectivity index (χ3n) is 6.41. The lowest BCUT2D eigenvalue weighted by Gasteiger charge is -2.28. The minimum absolute atomic E-state index is 0.00108. The SMILES string of the molecule is CN(c1cccc2c1NC(C1=NCC(CN3CCS(=O)(=O)CC3)S1)C2)S(=O)(=O)c1ccccn1. The van der Waals surface area contributed by atoms with Crippen LogP contribution in [0.4, 0.5) is 11.4 Å². The Hall–Kier alpha value is -2.15. The number of nitrogens with zero attached hydrogens (tertiary/aromatic N) is 4. The molecule has 182 valence electrons. The molecule has 0 radical (unpaired) electrons. The number of hydrogen-bond donors (Lipinski definition) is 1. The number of anilines is 2. The molecular weight excluding hydrogens is 494 g/mol. The van der Waals surface area contributed by atoms with Crippen LogP contribution < -0.4 is 9.62 Å². The standard InChI is InChI=1S/C22H27N5O4S3/c1-26(34(30,31)20-7-2-3-8-23-20)19-6-4-5-16-13-18(25-21(16)19)22-24-14-17(32-22)15-27-9-11-33(28,29)12-10-27/h2-8,17-18,25H,9-15H2,1H3. The normalized spacial score (nSPS) is 24.3. The summed E-state index contributed by atoms with van der Waals surface area (Å²) in [6.07, 6.45) is 2.21. The van der Waals surface area contributed by atoms with E-state index in [2.05, 4.69) is 15.2 Å². The van der Waals surface area contributed by atoms with Crippen molar-refractivity contribution in [1.29, 1.82) is 0 Å². The highest BCUT2D eigenvalue weighted by molar-refractivity contribution is 8.15. The van der Waals surface area contributed by atoms with Crippen LogP contribution >= 0.6 is 11.8 Å². The van der Waals surface area contributed by atoms with Crippen LogP contribution in [-0.4, -0.2) is 87.8 Å². The summed E-state index contributed by atoms with van der Waals surface area (Å²) >= 11 is 1.74. The van der Waals surface area contributed by atoms with Gasteiger partial charge in [0, 0.05) is 44.5 Å². The molecule has 1 fully saturated rings. The van der Waals surface area contributed by atoms with E-state index in [4.69, 9.17) is 4.99 Å². The van der Waals surface area contributed by atoms with Crippen LogP contribution in [0.15, 0.2) is 52.6 Å². The highest BCUT2D eigenvalue weighted by Crippen LogP contribution is 2.39. The lowest BCUT2D eigenvalue weighted by Crippen LogP contribution is -2.43. The third kappa shape index (κ3) is 4.68. The molecule has 2 aromatic rings. The van der Waals surface area contributed by atoms with Gasteiger partial charge in [0.15, 0.2) is 14.9 Å². The summed E-state index contributed by atoms with van der Waals surface area (Å²) in [5.74, 6) is 0.463. The highest BCUT2D eigenvalue weighted by atomic mass is 32.2. The number of rotatable bonds is 6. The van der Waals surface area contributed by atoms with Crippen molar-refractivity contribution in [1.82, 2.24) is 9.88 Å². The maximum atomic E-state index is 13.1. The Morgan fingerprint density at radius 3 is 2.71 bits per heavy atom. The molecule has 4 heterocycles. The molecule has 1 aromatic carbocycles. The predicted molar refractivity (Wildman–Crippen MR) is 136 cm³/mol. The smallest absolute Gasteiger partial charge is 0.281 e. The molecule has 34 heavy (non-hydrogen) atoms. The first-order valence-electron chi connectivity index (χ1n) is 11.2. The zero-order chi connectivity index (χ0) is 23.9. The number of pyridine rings is 1. The predicted octanol–water partition coefficient (Wildman–Crippen LogP) is 1.49. The number of para-hydroxylation sites is 1. The quantitative estimate of drug-likeness (QED) is 0.609. The number of nitrogens with one attached hydrogen (secondary N) is 1. The van der Waals surface area contributed by atoms with Gasteiger partial charge >= 0.3 is 0 Å². The number of fused-ring (bicyclic) bond motifs is 1. The van der Waals surface area contributed by atoms with Crippen molar-refractivity contribution in [2.45, 2.75) is 22.7 Å². The molecule has 1 N–H and O–H groups in total. The van der Waals surface area contributed by atoms with Gasteiger partial charge in [0.05, 0.1) is 40.5 Å². The highest BCUT2D eigenvalue weighted by Gasteiger charge is 2.35. The van der Waals surface area contributed by atoms with Gasteiger partial charge in [-0.1, -0.05) is 18.2 Å². The molecular formula is C22H27N5O4S3. The van der Waals surface area contributed by atoms with E-state index in [9.17, 15) is 16.8 Å². The van der Waals surface area contributed by atoms with Crippen LogP contribution in [0.25, 0.3) is 0 Å². The lowest BCUT2D eigenvalue weighted by molar-refractivity contribution is 0.298. The summed E-state index contributed by atoms with van der Waals surface area (Å²) in [4.78, 5) is 11.0. The Balaban J connectivity index is 1.26. The Kier molecular flexibility index (Phi) is 6.34. The monoisotopic (exact) mass is 521 g/mol. The van der Waals surface area contributed by atoms with Crippen LogP contribution in [-0.2, 0) is 26.3 Å². The Morgan fingerprint density at radius 2 is 1.97 bits per heavy atom. The van der Waals surface area contributed by atoms with Crippen LogP contribution in [0.2, 0.25) is 0 Å².